The fourth-order valence-electron chi connectivity index (χ4n) is 3.49. The fraction of sp³-hybridized carbons (Fsp3) is 0.273. The summed E-state index contributed by atoms with van der Waals surface area (Å²) in [5.41, 5.74) is 2.01. The topological polar surface area (TPSA) is 87.2 Å². The number of carbonyl (C=O) groups excluding carboxylic acids is 1. The average Bonchev–Trinajstić information content (AvgIpc) is 3.48. The first-order chi connectivity index (χ1) is 14.2. The molecule has 0 amide bonds. The Balaban J connectivity index is 1.29. The highest BCUT2D eigenvalue weighted by Gasteiger charge is 2.28. The van der Waals surface area contributed by atoms with E-state index in [9.17, 15) is 9.59 Å². The average molecular weight is 389 g/mol. The Labute approximate surface area is 166 Å². The molecule has 1 saturated carbocycles. The summed E-state index contributed by atoms with van der Waals surface area (Å²) in [5, 5.41) is 0.613. The van der Waals surface area contributed by atoms with Crippen molar-refractivity contribution < 1.29 is 13.9 Å². The smallest absolute Gasteiger partial charge is 0.306 e. The van der Waals surface area contributed by atoms with Gasteiger partial charge in [0.1, 0.15) is 11.3 Å². The minimum atomic E-state index is -0.378. The number of aryl methyl sites for hydroxylation is 1. The first-order valence-electron chi connectivity index (χ1n) is 9.69. The summed E-state index contributed by atoms with van der Waals surface area (Å²) in [5.74, 6) is 0.616. The normalized spacial score (nSPS) is 13.8. The van der Waals surface area contributed by atoms with Crippen molar-refractivity contribution in [2.24, 2.45) is 0 Å². The molecule has 1 aliphatic carbocycles. The van der Waals surface area contributed by atoms with Crippen LogP contribution in [0.2, 0.25) is 0 Å². The predicted octanol–water partition coefficient (Wildman–Crippen LogP) is 3.55. The number of esters is 1. The highest BCUT2D eigenvalue weighted by molar-refractivity contribution is 5.77. The van der Waals surface area contributed by atoms with E-state index < -0.39 is 0 Å². The molecule has 1 aliphatic rings. The van der Waals surface area contributed by atoms with Crippen LogP contribution in [-0.4, -0.2) is 20.5 Å². The summed E-state index contributed by atoms with van der Waals surface area (Å²) in [7, 11) is 0. The molecule has 4 aromatic rings. The van der Waals surface area contributed by atoms with Gasteiger partial charge in [-0.1, -0.05) is 24.3 Å². The lowest BCUT2D eigenvalue weighted by Crippen LogP contribution is -2.25. The van der Waals surface area contributed by atoms with Crippen molar-refractivity contribution in [3.05, 3.63) is 70.6 Å². The third-order valence-corrected chi connectivity index (χ3v) is 5.04. The van der Waals surface area contributed by atoms with Crippen LogP contribution in [0, 0.1) is 0 Å². The summed E-state index contributed by atoms with van der Waals surface area (Å²) in [4.78, 5) is 34.0. The van der Waals surface area contributed by atoms with Gasteiger partial charge in [0, 0.05) is 12.5 Å². The van der Waals surface area contributed by atoms with Crippen LogP contribution in [0.1, 0.15) is 37.0 Å². The zero-order chi connectivity index (χ0) is 19.8. The molecule has 7 nitrogen and oxygen atoms in total. The van der Waals surface area contributed by atoms with Crippen LogP contribution in [0.25, 0.3) is 22.0 Å². The molecule has 0 radical (unpaired) electrons. The Hall–Kier alpha value is -3.48. The molecule has 0 bridgehead atoms. The van der Waals surface area contributed by atoms with Crippen molar-refractivity contribution in [2.75, 3.05) is 0 Å². The van der Waals surface area contributed by atoms with Crippen molar-refractivity contribution in [3.63, 3.8) is 0 Å². The monoisotopic (exact) mass is 389 g/mol. The molecule has 2 aromatic heterocycles. The van der Waals surface area contributed by atoms with Gasteiger partial charge in [-0.05, 0) is 37.1 Å². The molecule has 0 N–H and O–H groups in total. The maximum absolute atomic E-state index is 12.9. The highest BCUT2D eigenvalue weighted by Crippen LogP contribution is 2.34. The maximum atomic E-state index is 12.9. The fourth-order valence-corrected chi connectivity index (χ4v) is 3.49. The molecule has 5 rings (SSSR count). The Morgan fingerprint density at radius 1 is 1.07 bits per heavy atom. The molecule has 29 heavy (non-hydrogen) atoms. The number of oxazole rings is 1. The van der Waals surface area contributed by atoms with Gasteiger partial charge in [-0.2, -0.15) is 0 Å². The molecule has 0 aliphatic heterocycles. The van der Waals surface area contributed by atoms with Gasteiger partial charge in [-0.25, -0.2) is 9.97 Å². The third-order valence-electron chi connectivity index (χ3n) is 5.04. The van der Waals surface area contributed by atoms with Crippen LogP contribution in [0.3, 0.4) is 0 Å². The number of benzene rings is 2. The molecule has 0 unspecified atom stereocenters. The van der Waals surface area contributed by atoms with Crippen LogP contribution < -0.4 is 5.56 Å². The number of para-hydroxylation sites is 3. The molecule has 0 saturated heterocycles. The van der Waals surface area contributed by atoms with Gasteiger partial charge in [0.25, 0.3) is 5.56 Å². The zero-order valence-electron chi connectivity index (χ0n) is 15.7. The van der Waals surface area contributed by atoms with Crippen molar-refractivity contribution in [2.45, 2.75) is 38.3 Å². The summed E-state index contributed by atoms with van der Waals surface area (Å²) in [6.07, 6.45) is 2.42. The molecule has 2 heterocycles. The Bertz CT molecular complexity index is 1240. The molecule has 0 spiro atoms. The van der Waals surface area contributed by atoms with Crippen molar-refractivity contribution in [1.29, 1.82) is 0 Å². The predicted molar refractivity (Wildman–Crippen MR) is 106 cm³/mol. The number of fused-ring (bicyclic) bond motifs is 2. The largest absolute Gasteiger partial charge is 0.456 e. The Kier molecular flexibility index (Phi) is 4.35. The van der Waals surface area contributed by atoms with E-state index in [1.54, 1.807) is 10.6 Å². The van der Waals surface area contributed by atoms with E-state index in [0.717, 1.165) is 18.4 Å². The van der Waals surface area contributed by atoms with Crippen LogP contribution in [-0.2, 0) is 22.6 Å². The van der Waals surface area contributed by atoms with E-state index in [1.807, 2.05) is 42.5 Å². The molecule has 7 heteroatoms. The quantitative estimate of drug-likeness (QED) is 0.469. The number of carbonyl (C=O) groups is 1. The van der Waals surface area contributed by atoms with Crippen LogP contribution >= 0.6 is 0 Å². The molecular formula is C22H19N3O4. The number of nitrogens with zero attached hydrogens (tertiary/aromatic N) is 3. The van der Waals surface area contributed by atoms with Gasteiger partial charge in [-0.3, -0.25) is 14.2 Å². The van der Waals surface area contributed by atoms with Gasteiger partial charge < -0.3 is 9.15 Å². The van der Waals surface area contributed by atoms with Gasteiger partial charge in [0.05, 0.1) is 17.3 Å². The molecular weight excluding hydrogens is 370 g/mol. The minimum absolute atomic E-state index is 0.0197. The Morgan fingerprint density at radius 2 is 1.83 bits per heavy atom. The van der Waals surface area contributed by atoms with Gasteiger partial charge in [0.15, 0.2) is 12.2 Å². The van der Waals surface area contributed by atoms with E-state index in [1.165, 1.54) is 0 Å². The maximum Gasteiger partial charge on any atom is 0.306 e. The SMILES string of the molecule is O=C(CCc1nc2ccccc2c(=O)n1C1CC1)OCc1nc2ccccc2o1. The lowest BCUT2D eigenvalue weighted by Gasteiger charge is -2.12. The second-order valence-corrected chi connectivity index (χ2v) is 7.19. The molecule has 146 valence electrons. The molecule has 0 atom stereocenters. The summed E-state index contributed by atoms with van der Waals surface area (Å²) in [6, 6.07) is 14.9. The molecule has 1 fully saturated rings. The number of ether oxygens (including phenoxy) is 1. The minimum Gasteiger partial charge on any atom is -0.456 e. The van der Waals surface area contributed by atoms with Crippen molar-refractivity contribution >= 4 is 28.0 Å². The lowest BCUT2D eigenvalue weighted by molar-refractivity contribution is -0.145. The van der Waals surface area contributed by atoms with E-state index >= 15 is 0 Å². The van der Waals surface area contributed by atoms with Gasteiger partial charge >= 0.3 is 5.97 Å². The first-order valence-corrected chi connectivity index (χ1v) is 9.69. The van der Waals surface area contributed by atoms with E-state index in [2.05, 4.69) is 9.97 Å². The van der Waals surface area contributed by atoms with E-state index in [4.69, 9.17) is 9.15 Å². The van der Waals surface area contributed by atoms with Crippen LogP contribution in [0.15, 0.2) is 57.7 Å². The van der Waals surface area contributed by atoms with Crippen LogP contribution in [0.4, 0.5) is 0 Å². The highest BCUT2D eigenvalue weighted by atomic mass is 16.5. The van der Waals surface area contributed by atoms with E-state index in [0.29, 0.717) is 34.6 Å². The standard InChI is InChI=1S/C22H19N3O4/c26-21(28-13-20-24-17-7-3-4-8-18(17)29-20)12-11-19-23-16-6-2-1-5-15(16)22(27)25(19)14-9-10-14/h1-8,14H,9-13H2. The number of aromatic nitrogens is 3. The first kappa shape index (κ1) is 17.6. The lowest BCUT2D eigenvalue weighted by atomic mass is 10.2. The molecule has 2 aromatic carbocycles. The zero-order valence-corrected chi connectivity index (χ0v) is 15.7. The third kappa shape index (κ3) is 3.51. The number of hydrogen-bond donors (Lipinski definition) is 0. The Morgan fingerprint density at radius 3 is 2.62 bits per heavy atom. The van der Waals surface area contributed by atoms with Crippen molar-refractivity contribution in [3.8, 4) is 0 Å². The summed E-state index contributed by atoms with van der Waals surface area (Å²) < 4.78 is 12.6. The summed E-state index contributed by atoms with van der Waals surface area (Å²) in [6.45, 7) is -0.0197. The summed E-state index contributed by atoms with van der Waals surface area (Å²) >= 11 is 0. The van der Waals surface area contributed by atoms with Crippen LogP contribution in [0.5, 0.6) is 0 Å². The van der Waals surface area contributed by atoms with Gasteiger partial charge in [-0.15, -0.1) is 0 Å². The number of rotatable bonds is 6. The van der Waals surface area contributed by atoms with E-state index in [-0.39, 0.29) is 30.6 Å². The second-order valence-electron chi connectivity index (χ2n) is 7.19. The van der Waals surface area contributed by atoms with Crippen molar-refractivity contribution in [1.82, 2.24) is 14.5 Å². The van der Waals surface area contributed by atoms with Gasteiger partial charge in [0.2, 0.25) is 5.89 Å². The second kappa shape index (κ2) is 7.16. The number of hydrogen-bond acceptors (Lipinski definition) is 6.